The van der Waals surface area contributed by atoms with E-state index in [0.717, 1.165) is 24.3 Å². The molecule has 0 fully saturated rings. The second-order valence-corrected chi connectivity index (χ2v) is 7.01. The van der Waals surface area contributed by atoms with Gasteiger partial charge in [-0.2, -0.15) is 43.9 Å². The third kappa shape index (κ3) is 5.18. The molecule has 0 unspecified atom stereocenters. The van der Waals surface area contributed by atoms with Crippen molar-refractivity contribution in [2.45, 2.75) is 18.5 Å². The number of hydrogen-bond donors (Lipinski definition) is 2. The lowest BCUT2D eigenvalue weighted by molar-refractivity contribution is -0.141. The summed E-state index contributed by atoms with van der Waals surface area (Å²) in [6.45, 7) is 0. The summed E-state index contributed by atoms with van der Waals surface area (Å²) in [5.74, 6) is -10.9. The molecule has 3 aromatic carbocycles. The highest BCUT2D eigenvalue weighted by atomic mass is 19.4. The molecule has 0 amide bonds. The average Bonchev–Trinajstić information content (AvgIpc) is 2.68. The minimum Gasteiger partial charge on any atom is -0.453 e. The van der Waals surface area contributed by atoms with Crippen molar-refractivity contribution in [1.29, 1.82) is 0 Å². The molecule has 4 N–H and O–H groups in total. The fourth-order valence-corrected chi connectivity index (χ4v) is 3.12. The van der Waals surface area contributed by atoms with Crippen LogP contribution in [0.1, 0.15) is 16.7 Å². The number of benzene rings is 3. The summed E-state index contributed by atoms with van der Waals surface area (Å²) in [5, 5.41) is 0. The number of alkyl halides is 9. The Labute approximate surface area is 193 Å². The molecule has 0 radical (unpaired) electrons. The Balaban J connectivity index is 2.25. The Hall–Kier alpha value is -3.91. The molecule has 0 bridgehead atoms. The van der Waals surface area contributed by atoms with E-state index in [-0.39, 0.29) is 6.07 Å². The van der Waals surface area contributed by atoms with E-state index in [4.69, 9.17) is 11.5 Å². The molecular weight excluding hydrogens is 521 g/mol. The maximum atomic E-state index is 15.1. The van der Waals surface area contributed by atoms with Crippen LogP contribution in [0.25, 0.3) is 0 Å². The first kappa shape index (κ1) is 26.7. The van der Waals surface area contributed by atoms with E-state index in [1.807, 2.05) is 0 Å². The number of anilines is 2. The van der Waals surface area contributed by atoms with Gasteiger partial charge in [0.15, 0.2) is 11.5 Å². The maximum absolute atomic E-state index is 15.1. The van der Waals surface area contributed by atoms with Crippen LogP contribution in [0.2, 0.25) is 0 Å². The van der Waals surface area contributed by atoms with Gasteiger partial charge in [-0.3, -0.25) is 0 Å². The highest BCUT2D eigenvalue weighted by Gasteiger charge is 2.43. The van der Waals surface area contributed by atoms with E-state index in [1.54, 1.807) is 0 Å². The van der Waals surface area contributed by atoms with E-state index < -0.39 is 81.2 Å². The van der Waals surface area contributed by atoms with Crippen molar-refractivity contribution in [2.75, 3.05) is 11.5 Å². The Kier molecular flexibility index (Phi) is 6.63. The monoisotopic (exact) mass is 532 g/mol. The Morgan fingerprint density at radius 3 is 1.39 bits per heavy atom. The van der Waals surface area contributed by atoms with Gasteiger partial charge in [-0.25, -0.2) is 4.39 Å². The standard InChI is InChI=1S/C21H11F11N2O2/c22-8-7-13(35-11-5-1-3-9(33)15(11)20(27,28)29)17(23)18(14(8)19(24,25)26)36-12-6-2-4-10(34)16(12)21(30,31)32/h1-7H,33-34H2. The summed E-state index contributed by atoms with van der Waals surface area (Å²) in [6, 6.07) is 4.08. The van der Waals surface area contributed by atoms with Crippen molar-refractivity contribution in [2.24, 2.45) is 0 Å². The van der Waals surface area contributed by atoms with Crippen molar-refractivity contribution in [1.82, 2.24) is 0 Å². The number of ether oxygens (including phenoxy) is 2. The molecule has 3 rings (SSSR count). The van der Waals surface area contributed by atoms with Gasteiger partial charge in [-0.1, -0.05) is 12.1 Å². The number of hydrogen-bond acceptors (Lipinski definition) is 4. The van der Waals surface area contributed by atoms with Crippen LogP contribution in [-0.2, 0) is 18.5 Å². The number of nitrogens with two attached hydrogens (primary N) is 2. The molecule has 0 aliphatic rings. The van der Waals surface area contributed by atoms with Gasteiger partial charge in [0, 0.05) is 17.4 Å². The predicted molar refractivity (Wildman–Crippen MR) is 103 cm³/mol. The van der Waals surface area contributed by atoms with Gasteiger partial charge in [-0.15, -0.1) is 0 Å². The smallest absolute Gasteiger partial charge is 0.422 e. The third-order valence-electron chi connectivity index (χ3n) is 4.54. The second-order valence-electron chi connectivity index (χ2n) is 7.01. The van der Waals surface area contributed by atoms with Gasteiger partial charge >= 0.3 is 18.5 Å². The fourth-order valence-electron chi connectivity index (χ4n) is 3.12. The van der Waals surface area contributed by atoms with Crippen molar-refractivity contribution in [3.8, 4) is 23.0 Å². The summed E-state index contributed by atoms with van der Waals surface area (Å²) in [7, 11) is 0. The van der Waals surface area contributed by atoms with Gasteiger partial charge in [0.1, 0.15) is 34.0 Å². The molecule has 3 aromatic rings. The topological polar surface area (TPSA) is 70.5 Å². The van der Waals surface area contributed by atoms with Gasteiger partial charge in [-0.05, 0) is 24.3 Å². The van der Waals surface area contributed by atoms with E-state index >= 15 is 4.39 Å². The summed E-state index contributed by atoms with van der Waals surface area (Å²) in [4.78, 5) is 0. The zero-order valence-electron chi connectivity index (χ0n) is 17.2. The molecule has 4 nitrogen and oxygen atoms in total. The summed E-state index contributed by atoms with van der Waals surface area (Å²) < 4.78 is 160. The first-order chi connectivity index (χ1) is 16.4. The molecule has 15 heteroatoms. The third-order valence-corrected chi connectivity index (χ3v) is 4.54. The van der Waals surface area contributed by atoms with Gasteiger partial charge < -0.3 is 20.9 Å². The average molecular weight is 532 g/mol. The van der Waals surface area contributed by atoms with Crippen LogP contribution in [0.15, 0.2) is 42.5 Å². The predicted octanol–water partition coefficient (Wildman–Crippen LogP) is 7.77. The largest absolute Gasteiger partial charge is 0.453 e. The summed E-state index contributed by atoms with van der Waals surface area (Å²) in [5.41, 5.74) is 2.59. The zero-order valence-corrected chi connectivity index (χ0v) is 17.2. The van der Waals surface area contributed by atoms with Gasteiger partial charge in [0.05, 0.1) is 0 Å². The minimum absolute atomic E-state index is 0.238. The molecule has 0 saturated carbocycles. The number of rotatable bonds is 4. The second kappa shape index (κ2) is 8.95. The highest BCUT2D eigenvalue weighted by Crippen LogP contribution is 2.49. The van der Waals surface area contributed by atoms with Crippen LogP contribution in [-0.4, -0.2) is 0 Å². The van der Waals surface area contributed by atoms with Crippen LogP contribution in [0.4, 0.5) is 59.7 Å². The normalized spacial score (nSPS) is 12.5. The molecular formula is C21H11F11N2O2. The van der Waals surface area contributed by atoms with Crippen LogP contribution >= 0.6 is 0 Å². The molecule has 0 aromatic heterocycles. The van der Waals surface area contributed by atoms with Crippen LogP contribution in [0.5, 0.6) is 23.0 Å². The maximum Gasteiger partial charge on any atom is 0.422 e. The summed E-state index contributed by atoms with van der Waals surface area (Å²) in [6.07, 6.45) is -16.2. The van der Waals surface area contributed by atoms with Crippen LogP contribution in [0.3, 0.4) is 0 Å². The highest BCUT2D eigenvalue weighted by molar-refractivity contribution is 5.59. The molecule has 194 valence electrons. The zero-order chi connectivity index (χ0) is 27.2. The summed E-state index contributed by atoms with van der Waals surface area (Å²) >= 11 is 0. The van der Waals surface area contributed by atoms with Crippen LogP contribution < -0.4 is 20.9 Å². The molecule has 0 saturated heterocycles. The SMILES string of the molecule is Nc1cccc(Oc2cc(F)c(C(F)(F)F)c(Oc3cccc(N)c3C(F)(F)F)c2F)c1C(F)(F)F. The fraction of sp³-hybridized carbons (Fsp3) is 0.143. The number of halogens is 11. The van der Waals surface area contributed by atoms with Gasteiger partial charge in [0.25, 0.3) is 0 Å². The quantitative estimate of drug-likeness (QED) is 0.266. The molecule has 0 aliphatic carbocycles. The van der Waals surface area contributed by atoms with E-state index in [1.165, 1.54) is 0 Å². The number of nitrogen functional groups attached to an aromatic ring is 2. The van der Waals surface area contributed by atoms with Crippen molar-refractivity contribution >= 4 is 11.4 Å². The van der Waals surface area contributed by atoms with Crippen molar-refractivity contribution in [3.63, 3.8) is 0 Å². The molecule has 0 atom stereocenters. The van der Waals surface area contributed by atoms with E-state index in [0.29, 0.717) is 12.1 Å². The molecule has 0 heterocycles. The lowest BCUT2D eigenvalue weighted by Crippen LogP contribution is -2.15. The Morgan fingerprint density at radius 1 is 0.556 bits per heavy atom. The molecule has 0 spiro atoms. The Bertz CT molecular complexity index is 1300. The van der Waals surface area contributed by atoms with E-state index in [9.17, 15) is 43.9 Å². The first-order valence-electron chi connectivity index (χ1n) is 9.29. The molecule has 0 aliphatic heterocycles. The lowest BCUT2D eigenvalue weighted by atomic mass is 10.1. The lowest BCUT2D eigenvalue weighted by Gasteiger charge is -2.21. The van der Waals surface area contributed by atoms with Crippen molar-refractivity contribution < 1.29 is 57.8 Å². The minimum atomic E-state index is -5.72. The van der Waals surface area contributed by atoms with E-state index in [2.05, 4.69) is 9.47 Å². The van der Waals surface area contributed by atoms with Crippen molar-refractivity contribution in [3.05, 3.63) is 70.8 Å². The Morgan fingerprint density at radius 2 is 0.972 bits per heavy atom. The van der Waals surface area contributed by atoms with Gasteiger partial charge in [0.2, 0.25) is 5.82 Å². The first-order valence-corrected chi connectivity index (χ1v) is 9.29. The van der Waals surface area contributed by atoms with Crippen LogP contribution in [0, 0.1) is 11.6 Å². The molecule has 36 heavy (non-hydrogen) atoms.